The second-order valence-electron chi connectivity index (χ2n) is 7.20. The van der Waals surface area contributed by atoms with Crippen LogP contribution in [0.4, 0.5) is 0 Å². The molecule has 1 aliphatic rings. The number of H-pyrrole nitrogens is 1. The molecule has 1 unspecified atom stereocenters. The van der Waals surface area contributed by atoms with Crippen molar-refractivity contribution in [1.29, 1.82) is 0 Å². The molecule has 0 radical (unpaired) electrons. The first-order valence-electron chi connectivity index (χ1n) is 9.57. The van der Waals surface area contributed by atoms with Crippen LogP contribution in [0.5, 0.6) is 0 Å². The predicted octanol–water partition coefficient (Wildman–Crippen LogP) is 5.83. The maximum atomic E-state index is 9.34. The zero-order chi connectivity index (χ0) is 16.1. The molecule has 2 heteroatoms. The highest BCUT2D eigenvalue weighted by molar-refractivity contribution is 5.86. The number of fused-ring (bicyclic) bond motifs is 3. The summed E-state index contributed by atoms with van der Waals surface area (Å²) in [7, 11) is 0. The van der Waals surface area contributed by atoms with Crippen LogP contribution in [0.3, 0.4) is 0 Å². The second kappa shape index (κ2) is 8.01. The van der Waals surface area contributed by atoms with E-state index >= 15 is 0 Å². The molecule has 0 bridgehead atoms. The van der Waals surface area contributed by atoms with Crippen LogP contribution in [0.1, 0.15) is 87.4 Å². The first-order chi connectivity index (χ1) is 11.3. The van der Waals surface area contributed by atoms with Gasteiger partial charge in [0.25, 0.3) is 0 Å². The maximum absolute atomic E-state index is 9.34. The molecule has 3 rings (SSSR count). The Labute approximate surface area is 140 Å². The van der Waals surface area contributed by atoms with Crippen molar-refractivity contribution in [2.45, 2.75) is 83.7 Å². The van der Waals surface area contributed by atoms with Crippen molar-refractivity contribution in [2.75, 3.05) is 0 Å². The van der Waals surface area contributed by atoms with Crippen molar-refractivity contribution in [3.05, 3.63) is 35.0 Å². The summed E-state index contributed by atoms with van der Waals surface area (Å²) in [6.45, 7) is 2.41. The molecule has 23 heavy (non-hydrogen) atoms. The normalized spacial score (nSPS) is 17.6. The first-order valence-corrected chi connectivity index (χ1v) is 9.57. The van der Waals surface area contributed by atoms with E-state index in [0.29, 0.717) is 0 Å². The maximum Gasteiger partial charge on any atom is 0.0682 e. The van der Waals surface area contributed by atoms with E-state index in [1.807, 2.05) is 0 Å². The van der Waals surface area contributed by atoms with Gasteiger partial charge in [-0.2, -0.15) is 0 Å². The average molecular weight is 313 g/mol. The summed E-state index contributed by atoms with van der Waals surface area (Å²) in [6.07, 6.45) is 13.5. The highest BCUT2D eigenvalue weighted by atomic mass is 16.3. The lowest BCUT2D eigenvalue weighted by molar-refractivity contribution is 0.282. The number of aromatic nitrogens is 1. The van der Waals surface area contributed by atoms with Crippen molar-refractivity contribution in [3.63, 3.8) is 0 Å². The number of benzene rings is 1. The lowest BCUT2D eigenvalue weighted by Gasteiger charge is -2.23. The lowest BCUT2D eigenvalue weighted by atomic mass is 9.82. The summed E-state index contributed by atoms with van der Waals surface area (Å²) in [5.41, 5.74) is 5.27. The average Bonchev–Trinajstić information content (AvgIpc) is 2.96. The second-order valence-corrected chi connectivity index (χ2v) is 7.20. The molecular formula is C21H31NO. The van der Waals surface area contributed by atoms with Gasteiger partial charge in [-0.15, -0.1) is 0 Å². The zero-order valence-electron chi connectivity index (χ0n) is 14.5. The molecule has 0 saturated heterocycles. The zero-order valence-corrected chi connectivity index (χ0v) is 14.5. The molecule has 126 valence electrons. The van der Waals surface area contributed by atoms with Gasteiger partial charge >= 0.3 is 0 Å². The molecule has 2 aromatic rings. The van der Waals surface area contributed by atoms with E-state index in [9.17, 15) is 5.11 Å². The molecule has 0 amide bonds. The van der Waals surface area contributed by atoms with Gasteiger partial charge < -0.3 is 10.1 Å². The molecule has 2 nitrogen and oxygen atoms in total. The Balaban J connectivity index is 1.68. The quantitative estimate of drug-likeness (QED) is 0.591. The number of aliphatic hydroxyl groups is 1. The molecule has 0 fully saturated rings. The highest BCUT2D eigenvalue weighted by Crippen LogP contribution is 2.40. The molecule has 1 aromatic carbocycles. The van der Waals surface area contributed by atoms with E-state index in [-0.39, 0.29) is 6.61 Å². The van der Waals surface area contributed by atoms with Gasteiger partial charge in [-0.1, -0.05) is 57.6 Å². The van der Waals surface area contributed by atoms with Gasteiger partial charge in [0.15, 0.2) is 0 Å². The Morgan fingerprint density at radius 2 is 1.96 bits per heavy atom. The number of aromatic amines is 1. The third kappa shape index (κ3) is 3.80. The van der Waals surface area contributed by atoms with Crippen LogP contribution in [-0.4, -0.2) is 10.1 Å². The van der Waals surface area contributed by atoms with Crippen molar-refractivity contribution in [3.8, 4) is 0 Å². The molecule has 1 aromatic heterocycles. The van der Waals surface area contributed by atoms with Gasteiger partial charge in [0, 0.05) is 16.6 Å². The van der Waals surface area contributed by atoms with Gasteiger partial charge in [-0.3, -0.25) is 0 Å². The van der Waals surface area contributed by atoms with Crippen molar-refractivity contribution < 1.29 is 5.11 Å². The Bertz CT molecular complexity index is 628. The van der Waals surface area contributed by atoms with Crippen LogP contribution in [0.25, 0.3) is 10.9 Å². The number of aryl methyl sites for hydroxylation is 1. The number of unbranched alkanes of at least 4 members (excludes halogenated alkanes) is 5. The largest absolute Gasteiger partial charge is 0.392 e. The minimum Gasteiger partial charge on any atom is -0.392 e. The van der Waals surface area contributed by atoms with Crippen molar-refractivity contribution in [1.82, 2.24) is 4.98 Å². The minimum absolute atomic E-state index is 0.126. The van der Waals surface area contributed by atoms with Gasteiger partial charge in [-0.25, -0.2) is 0 Å². The van der Waals surface area contributed by atoms with Gasteiger partial charge in [0.2, 0.25) is 0 Å². The number of aliphatic hydroxyl groups excluding tert-OH is 1. The molecule has 1 heterocycles. The summed E-state index contributed by atoms with van der Waals surface area (Å²) in [4.78, 5) is 3.63. The number of nitrogens with one attached hydrogen (secondary N) is 1. The predicted molar refractivity (Wildman–Crippen MR) is 97.9 cm³/mol. The fraction of sp³-hybridized carbons (Fsp3) is 0.619. The molecule has 1 aliphatic carbocycles. The molecule has 0 spiro atoms. The molecule has 1 atom stereocenters. The van der Waals surface area contributed by atoms with Gasteiger partial charge in [0.05, 0.1) is 6.61 Å². The minimum atomic E-state index is 0.126. The van der Waals surface area contributed by atoms with Gasteiger partial charge in [0.1, 0.15) is 0 Å². The summed E-state index contributed by atoms with van der Waals surface area (Å²) in [6, 6.07) is 6.41. The van der Waals surface area contributed by atoms with E-state index in [2.05, 4.69) is 30.1 Å². The topological polar surface area (TPSA) is 36.0 Å². The van der Waals surface area contributed by atoms with Crippen molar-refractivity contribution in [2.24, 2.45) is 0 Å². The van der Waals surface area contributed by atoms with Crippen LogP contribution in [0.15, 0.2) is 18.2 Å². The monoisotopic (exact) mass is 313 g/mol. The van der Waals surface area contributed by atoms with Crippen LogP contribution in [-0.2, 0) is 13.0 Å². The summed E-state index contributed by atoms with van der Waals surface area (Å²) >= 11 is 0. The van der Waals surface area contributed by atoms with E-state index in [0.717, 1.165) is 11.5 Å². The van der Waals surface area contributed by atoms with E-state index in [4.69, 9.17) is 0 Å². The Morgan fingerprint density at radius 3 is 2.78 bits per heavy atom. The van der Waals surface area contributed by atoms with E-state index in [1.165, 1.54) is 80.8 Å². The Morgan fingerprint density at radius 1 is 1.13 bits per heavy atom. The van der Waals surface area contributed by atoms with Crippen LogP contribution >= 0.6 is 0 Å². The molecular weight excluding hydrogens is 282 g/mol. The summed E-state index contributed by atoms with van der Waals surface area (Å²) < 4.78 is 0. The summed E-state index contributed by atoms with van der Waals surface area (Å²) in [5.74, 6) is 0.735. The molecule has 2 N–H and O–H groups in total. The number of hydrogen-bond acceptors (Lipinski definition) is 1. The SMILES string of the molecule is CCCCCCCCC1CCCc2[nH]c3cc(CO)ccc3c21. The van der Waals surface area contributed by atoms with Gasteiger partial charge in [-0.05, 0) is 48.8 Å². The summed E-state index contributed by atoms with van der Waals surface area (Å²) in [5, 5.41) is 10.7. The smallest absolute Gasteiger partial charge is 0.0682 e. The number of hydrogen-bond donors (Lipinski definition) is 2. The van der Waals surface area contributed by atoms with Crippen molar-refractivity contribution >= 4 is 10.9 Å². The van der Waals surface area contributed by atoms with E-state index < -0.39 is 0 Å². The molecule has 0 aliphatic heterocycles. The van der Waals surface area contributed by atoms with Crippen LogP contribution < -0.4 is 0 Å². The standard InChI is InChI=1S/C21H31NO/c1-2-3-4-5-6-7-9-17-10-8-11-19-21(17)18-13-12-16(15-23)14-20(18)22-19/h12-14,17,22-23H,2-11,15H2,1H3. The lowest BCUT2D eigenvalue weighted by Crippen LogP contribution is -2.08. The van der Waals surface area contributed by atoms with Crippen LogP contribution in [0.2, 0.25) is 0 Å². The third-order valence-electron chi connectivity index (χ3n) is 5.46. The third-order valence-corrected chi connectivity index (χ3v) is 5.46. The van der Waals surface area contributed by atoms with Crippen LogP contribution in [0, 0.1) is 0 Å². The fourth-order valence-electron chi connectivity index (χ4n) is 4.21. The fourth-order valence-corrected chi connectivity index (χ4v) is 4.21. The van der Waals surface area contributed by atoms with E-state index in [1.54, 1.807) is 5.56 Å². The first kappa shape index (κ1) is 16.6. The Hall–Kier alpha value is -1.28. The number of rotatable bonds is 8. The Kier molecular flexibility index (Phi) is 5.77. The highest BCUT2D eigenvalue weighted by Gasteiger charge is 2.24. The molecule has 0 saturated carbocycles.